The number of hydrogen-bond acceptors (Lipinski definition) is 2. The van der Waals surface area contributed by atoms with E-state index >= 15 is 0 Å². The average Bonchev–Trinajstić information content (AvgIpc) is 2.01. The summed E-state index contributed by atoms with van der Waals surface area (Å²) < 4.78 is 0. The quantitative estimate of drug-likeness (QED) is 0.609. The number of nitrogens with one attached hydrogen (secondary N) is 2. The van der Waals surface area contributed by atoms with Gasteiger partial charge in [-0.05, 0) is 33.0 Å². The van der Waals surface area contributed by atoms with Gasteiger partial charge in [-0.25, -0.2) is 0 Å². The van der Waals surface area contributed by atoms with Gasteiger partial charge in [0, 0.05) is 12.6 Å². The normalized spacial score (nSPS) is 13.7. The fourth-order valence-corrected chi connectivity index (χ4v) is 0.826. The molecule has 0 aromatic carbocycles. The second-order valence-electron chi connectivity index (χ2n) is 2.76. The van der Waals surface area contributed by atoms with E-state index in [1.54, 1.807) is 0 Å². The predicted molar refractivity (Wildman–Crippen MR) is 50.6 cm³/mol. The maximum absolute atomic E-state index is 3.39. The van der Waals surface area contributed by atoms with Crippen molar-refractivity contribution in [3.05, 3.63) is 12.3 Å². The van der Waals surface area contributed by atoms with Crippen LogP contribution in [0.1, 0.15) is 27.2 Å². The van der Waals surface area contributed by atoms with Crippen LogP contribution in [0.25, 0.3) is 0 Å². The minimum atomic E-state index is 0.561. The monoisotopic (exact) mass is 156 g/mol. The lowest BCUT2D eigenvalue weighted by molar-refractivity contribution is 0.530. The first-order valence-corrected chi connectivity index (χ1v) is 4.39. The van der Waals surface area contributed by atoms with Crippen molar-refractivity contribution in [3.63, 3.8) is 0 Å². The smallest absolute Gasteiger partial charge is 0.0292 e. The van der Waals surface area contributed by atoms with Crippen molar-refractivity contribution in [2.75, 3.05) is 13.1 Å². The van der Waals surface area contributed by atoms with E-state index in [2.05, 4.69) is 24.5 Å². The summed E-state index contributed by atoms with van der Waals surface area (Å²) in [5.74, 6) is 0. The van der Waals surface area contributed by atoms with Crippen molar-refractivity contribution in [2.24, 2.45) is 0 Å². The zero-order valence-corrected chi connectivity index (χ0v) is 7.85. The van der Waals surface area contributed by atoms with Crippen LogP contribution in [0.3, 0.4) is 0 Å². The zero-order valence-electron chi connectivity index (χ0n) is 7.85. The van der Waals surface area contributed by atoms with Gasteiger partial charge in [0.05, 0.1) is 0 Å². The fourth-order valence-electron chi connectivity index (χ4n) is 0.826. The molecule has 2 heteroatoms. The van der Waals surface area contributed by atoms with Gasteiger partial charge >= 0.3 is 0 Å². The Balaban J connectivity index is 3.15. The van der Waals surface area contributed by atoms with Crippen molar-refractivity contribution in [1.82, 2.24) is 10.6 Å². The van der Waals surface area contributed by atoms with E-state index in [9.17, 15) is 0 Å². The summed E-state index contributed by atoms with van der Waals surface area (Å²) in [6.45, 7) is 8.49. The number of allylic oxidation sites excluding steroid dienone is 1. The van der Waals surface area contributed by atoms with E-state index < -0.39 is 0 Å². The van der Waals surface area contributed by atoms with Crippen LogP contribution in [0.2, 0.25) is 0 Å². The lowest BCUT2D eigenvalue weighted by Crippen LogP contribution is -2.34. The molecule has 66 valence electrons. The number of rotatable bonds is 6. The largest absolute Gasteiger partial charge is 0.390 e. The molecule has 2 N–H and O–H groups in total. The van der Waals surface area contributed by atoms with Crippen molar-refractivity contribution in [3.8, 4) is 0 Å². The van der Waals surface area contributed by atoms with Gasteiger partial charge in [0.25, 0.3) is 0 Å². The Bertz CT molecular complexity index is 99.7. The summed E-state index contributed by atoms with van der Waals surface area (Å²) in [5, 5.41) is 6.60. The van der Waals surface area contributed by atoms with Gasteiger partial charge in [0.2, 0.25) is 0 Å². The van der Waals surface area contributed by atoms with Crippen LogP contribution < -0.4 is 10.6 Å². The Kier molecular flexibility index (Phi) is 7.26. The minimum Gasteiger partial charge on any atom is -0.390 e. The summed E-state index contributed by atoms with van der Waals surface area (Å²) in [6.07, 6.45) is 5.19. The summed E-state index contributed by atoms with van der Waals surface area (Å²) in [6, 6.07) is 0.561. The summed E-state index contributed by atoms with van der Waals surface area (Å²) in [5.41, 5.74) is 0. The molecule has 11 heavy (non-hydrogen) atoms. The van der Waals surface area contributed by atoms with Gasteiger partial charge in [-0.2, -0.15) is 0 Å². The van der Waals surface area contributed by atoms with Gasteiger partial charge in [0.15, 0.2) is 0 Å². The Morgan fingerprint density at radius 1 is 1.45 bits per heavy atom. The second-order valence-corrected chi connectivity index (χ2v) is 2.76. The molecule has 0 aliphatic heterocycles. The summed E-state index contributed by atoms with van der Waals surface area (Å²) in [7, 11) is 0. The molecular weight excluding hydrogens is 136 g/mol. The molecule has 0 aromatic rings. The van der Waals surface area contributed by atoms with Crippen LogP contribution in [0.4, 0.5) is 0 Å². The topological polar surface area (TPSA) is 24.1 Å². The lowest BCUT2D eigenvalue weighted by atomic mass is 10.3. The molecule has 0 spiro atoms. The molecule has 0 bridgehead atoms. The lowest BCUT2D eigenvalue weighted by Gasteiger charge is -2.12. The molecule has 0 saturated carbocycles. The highest BCUT2D eigenvalue weighted by atomic mass is 15.0. The van der Waals surface area contributed by atoms with E-state index in [0.717, 1.165) is 13.1 Å². The van der Waals surface area contributed by atoms with E-state index in [1.807, 2.05) is 19.2 Å². The third-order valence-electron chi connectivity index (χ3n) is 1.45. The fraction of sp³-hybridized carbons (Fsp3) is 0.778. The van der Waals surface area contributed by atoms with Gasteiger partial charge in [-0.1, -0.05) is 13.0 Å². The van der Waals surface area contributed by atoms with Gasteiger partial charge in [0.1, 0.15) is 0 Å². The predicted octanol–water partition coefficient (Wildman–Crippen LogP) is 1.50. The van der Waals surface area contributed by atoms with E-state index in [4.69, 9.17) is 0 Å². The standard InChI is InChI=1S/C9H20N2/c1-4-6-10-8-9(3)11-7-5-2/h4,6,9-11H,5,7-8H2,1-3H3/b6-4-. The van der Waals surface area contributed by atoms with Crippen molar-refractivity contribution in [2.45, 2.75) is 33.2 Å². The molecule has 0 radical (unpaired) electrons. The molecule has 0 aliphatic rings. The van der Waals surface area contributed by atoms with Crippen LogP contribution in [0.15, 0.2) is 12.3 Å². The Morgan fingerprint density at radius 2 is 2.18 bits per heavy atom. The van der Waals surface area contributed by atoms with Crippen LogP contribution >= 0.6 is 0 Å². The second kappa shape index (κ2) is 7.61. The third-order valence-corrected chi connectivity index (χ3v) is 1.45. The van der Waals surface area contributed by atoms with E-state index in [1.165, 1.54) is 6.42 Å². The van der Waals surface area contributed by atoms with Crippen molar-refractivity contribution < 1.29 is 0 Å². The summed E-state index contributed by atoms with van der Waals surface area (Å²) >= 11 is 0. The Morgan fingerprint density at radius 3 is 2.73 bits per heavy atom. The first-order valence-electron chi connectivity index (χ1n) is 4.39. The molecule has 2 nitrogen and oxygen atoms in total. The Hall–Kier alpha value is -0.500. The zero-order chi connectivity index (χ0) is 8.53. The molecule has 1 unspecified atom stereocenters. The maximum atomic E-state index is 3.39. The third kappa shape index (κ3) is 7.40. The van der Waals surface area contributed by atoms with Crippen molar-refractivity contribution >= 4 is 0 Å². The van der Waals surface area contributed by atoms with E-state index in [0.29, 0.717) is 6.04 Å². The molecule has 0 rings (SSSR count). The molecule has 1 atom stereocenters. The first-order chi connectivity index (χ1) is 5.31. The Labute approximate surface area is 70.1 Å². The number of hydrogen-bond donors (Lipinski definition) is 2. The average molecular weight is 156 g/mol. The highest BCUT2D eigenvalue weighted by Gasteiger charge is 1.95. The van der Waals surface area contributed by atoms with Crippen LogP contribution in [-0.2, 0) is 0 Å². The van der Waals surface area contributed by atoms with Crippen LogP contribution in [-0.4, -0.2) is 19.1 Å². The van der Waals surface area contributed by atoms with Gasteiger partial charge in [-0.3, -0.25) is 0 Å². The molecule has 0 aliphatic carbocycles. The molecule has 0 heterocycles. The van der Waals surface area contributed by atoms with Crippen molar-refractivity contribution in [1.29, 1.82) is 0 Å². The molecule has 0 amide bonds. The maximum Gasteiger partial charge on any atom is 0.0292 e. The SMILES string of the molecule is C/C=C\NCC(C)NCCC. The highest BCUT2D eigenvalue weighted by Crippen LogP contribution is 1.79. The molecular formula is C9H20N2. The van der Waals surface area contributed by atoms with Gasteiger partial charge in [-0.15, -0.1) is 0 Å². The first kappa shape index (κ1) is 10.5. The molecule has 0 aromatic heterocycles. The van der Waals surface area contributed by atoms with Crippen LogP contribution in [0.5, 0.6) is 0 Å². The molecule has 0 saturated heterocycles. The summed E-state index contributed by atoms with van der Waals surface area (Å²) in [4.78, 5) is 0. The molecule has 0 fully saturated rings. The van der Waals surface area contributed by atoms with Gasteiger partial charge < -0.3 is 10.6 Å². The highest BCUT2D eigenvalue weighted by molar-refractivity contribution is 4.76. The van der Waals surface area contributed by atoms with E-state index in [-0.39, 0.29) is 0 Å². The minimum absolute atomic E-state index is 0.561. The van der Waals surface area contributed by atoms with Crippen LogP contribution in [0, 0.1) is 0 Å².